The number of nitrogens with one attached hydrogen (secondary N) is 2. The third-order valence-corrected chi connectivity index (χ3v) is 4.63. The average molecular weight is 416 g/mol. The van der Waals surface area contributed by atoms with Crippen LogP contribution in [0, 0.1) is 26.6 Å². The zero-order valence-electron chi connectivity index (χ0n) is 16.1. The summed E-state index contributed by atoms with van der Waals surface area (Å²) in [4.78, 5) is 24.7. The van der Waals surface area contributed by atoms with Gasteiger partial charge >= 0.3 is 0 Å². The molecule has 2 N–H and O–H groups in total. The zero-order chi connectivity index (χ0) is 21.1. The van der Waals surface area contributed by atoms with Crippen molar-refractivity contribution in [3.05, 3.63) is 69.8 Å². The number of benzene rings is 2. The van der Waals surface area contributed by atoms with Gasteiger partial charge in [-0.25, -0.2) is 9.07 Å². The summed E-state index contributed by atoms with van der Waals surface area (Å²) < 4.78 is 15.0. The highest BCUT2D eigenvalue weighted by molar-refractivity contribution is 6.33. The molecule has 3 rings (SSSR count). The summed E-state index contributed by atoms with van der Waals surface area (Å²) in [5.41, 5.74) is 2.69. The second-order valence-corrected chi connectivity index (χ2v) is 7.04. The molecule has 150 valence electrons. The van der Waals surface area contributed by atoms with Crippen molar-refractivity contribution in [3.8, 4) is 0 Å². The predicted molar refractivity (Wildman–Crippen MR) is 109 cm³/mol. The van der Waals surface area contributed by atoms with Gasteiger partial charge in [0.2, 0.25) is 5.91 Å². The second kappa shape index (κ2) is 8.40. The molecule has 0 atom stereocenters. The second-order valence-electron chi connectivity index (χ2n) is 6.63. The minimum Gasteiger partial charge on any atom is -0.323 e. The summed E-state index contributed by atoms with van der Waals surface area (Å²) in [6.07, 6.45) is 0. The van der Waals surface area contributed by atoms with Crippen molar-refractivity contribution in [1.29, 1.82) is 0 Å². The summed E-state index contributed by atoms with van der Waals surface area (Å²) in [6.45, 7) is 5.01. The van der Waals surface area contributed by atoms with Crippen molar-refractivity contribution in [2.24, 2.45) is 0 Å². The molecule has 0 unspecified atom stereocenters. The number of carbonyl (C=O) groups excluding carboxylic acids is 2. The summed E-state index contributed by atoms with van der Waals surface area (Å²) in [5.74, 6) is -1.33. The fourth-order valence-electron chi connectivity index (χ4n) is 2.63. The van der Waals surface area contributed by atoms with Crippen LogP contribution in [0.1, 0.15) is 27.3 Å². The molecule has 0 aliphatic rings. The molecule has 0 spiro atoms. The van der Waals surface area contributed by atoms with E-state index >= 15 is 0 Å². The van der Waals surface area contributed by atoms with Crippen LogP contribution in [-0.2, 0) is 11.3 Å². The number of aryl methyl sites for hydroxylation is 2. The molecule has 0 bridgehead atoms. The highest BCUT2D eigenvalue weighted by Crippen LogP contribution is 2.22. The molecular formula is C20H19ClFN5O2. The Kier molecular flexibility index (Phi) is 5.93. The number of hydrogen-bond donors (Lipinski definition) is 2. The van der Waals surface area contributed by atoms with E-state index in [0.717, 1.165) is 5.56 Å². The standard InChI is InChI=1S/C20H19ClFN5O2/c1-11-4-7-17(15(21)8-11)24-18(28)10-27-13(3)19(25-26-27)20(29)23-14-6-5-12(2)16(22)9-14/h4-9H,10H2,1-3H3,(H,23,29)(H,24,28). The van der Waals surface area contributed by atoms with Crippen molar-refractivity contribution in [1.82, 2.24) is 15.0 Å². The number of halogens is 2. The molecule has 2 amide bonds. The predicted octanol–water partition coefficient (Wildman–Crippen LogP) is 3.89. The molecule has 0 saturated heterocycles. The van der Waals surface area contributed by atoms with E-state index in [1.54, 1.807) is 38.1 Å². The van der Waals surface area contributed by atoms with Crippen molar-refractivity contribution in [2.45, 2.75) is 27.3 Å². The van der Waals surface area contributed by atoms with E-state index in [2.05, 4.69) is 20.9 Å². The Morgan fingerprint density at radius 2 is 1.86 bits per heavy atom. The Morgan fingerprint density at radius 3 is 2.55 bits per heavy atom. The maximum atomic E-state index is 13.7. The fourth-order valence-corrected chi connectivity index (χ4v) is 2.91. The van der Waals surface area contributed by atoms with Gasteiger partial charge in [0.25, 0.3) is 5.91 Å². The number of amides is 2. The summed E-state index contributed by atoms with van der Waals surface area (Å²) in [6, 6.07) is 9.67. The third kappa shape index (κ3) is 4.78. The first-order chi connectivity index (χ1) is 13.7. The van der Waals surface area contributed by atoms with Crippen LogP contribution in [0.3, 0.4) is 0 Å². The number of hydrogen-bond acceptors (Lipinski definition) is 4. The average Bonchev–Trinajstić information content (AvgIpc) is 3.01. The van der Waals surface area contributed by atoms with E-state index in [9.17, 15) is 14.0 Å². The molecule has 0 fully saturated rings. The third-order valence-electron chi connectivity index (χ3n) is 4.32. The summed E-state index contributed by atoms with van der Waals surface area (Å²) in [7, 11) is 0. The molecular weight excluding hydrogens is 397 g/mol. The Labute approximate surface area is 171 Å². The molecule has 1 aromatic heterocycles. The van der Waals surface area contributed by atoms with E-state index in [-0.39, 0.29) is 18.1 Å². The fraction of sp³-hybridized carbons (Fsp3) is 0.200. The minimum atomic E-state index is -0.543. The minimum absolute atomic E-state index is 0.0483. The molecule has 2 aromatic carbocycles. The van der Waals surface area contributed by atoms with E-state index < -0.39 is 11.7 Å². The van der Waals surface area contributed by atoms with Gasteiger partial charge in [-0.3, -0.25) is 9.59 Å². The molecule has 29 heavy (non-hydrogen) atoms. The van der Waals surface area contributed by atoms with Crippen LogP contribution in [0.25, 0.3) is 0 Å². The van der Waals surface area contributed by atoms with E-state index in [1.807, 2.05) is 13.0 Å². The maximum absolute atomic E-state index is 13.7. The number of rotatable bonds is 5. The molecule has 1 heterocycles. The molecule has 9 heteroatoms. The Bertz CT molecular complexity index is 1100. The lowest BCUT2D eigenvalue weighted by atomic mass is 10.2. The van der Waals surface area contributed by atoms with E-state index in [0.29, 0.717) is 27.7 Å². The van der Waals surface area contributed by atoms with Gasteiger partial charge in [-0.2, -0.15) is 0 Å². The Balaban J connectivity index is 1.68. The molecule has 0 radical (unpaired) electrons. The van der Waals surface area contributed by atoms with Crippen LogP contribution in [0.15, 0.2) is 36.4 Å². The van der Waals surface area contributed by atoms with E-state index in [1.165, 1.54) is 10.7 Å². The van der Waals surface area contributed by atoms with Crippen molar-refractivity contribution in [2.75, 3.05) is 10.6 Å². The van der Waals surface area contributed by atoms with Gasteiger partial charge in [0.1, 0.15) is 12.4 Å². The lowest BCUT2D eigenvalue weighted by Gasteiger charge is -2.09. The smallest absolute Gasteiger partial charge is 0.278 e. The number of nitrogens with zero attached hydrogens (tertiary/aromatic N) is 3. The van der Waals surface area contributed by atoms with Gasteiger partial charge in [0, 0.05) is 5.69 Å². The van der Waals surface area contributed by atoms with Gasteiger partial charge in [-0.15, -0.1) is 5.10 Å². The molecule has 3 aromatic rings. The largest absolute Gasteiger partial charge is 0.323 e. The molecule has 0 aliphatic heterocycles. The number of carbonyl (C=O) groups is 2. The summed E-state index contributed by atoms with van der Waals surface area (Å²) >= 11 is 6.12. The molecule has 0 saturated carbocycles. The maximum Gasteiger partial charge on any atom is 0.278 e. The molecule has 0 aliphatic carbocycles. The van der Waals surface area contributed by atoms with Crippen LogP contribution in [0.5, 0.6) is 0 Å². The first-order valence-electron chi connectivity index (χ1n) is 8.78. The van der Waals surface area contributed by atoms with Crippen LogP contribution in [0.4, 0.5) is 15.8 Å². The van der Waals surface area contributed by atoms with Crippen LogP contribution < -0.4 is 10.6 Å². The summed E-state index contributed by atoms with van der Waals surface area (Å²) in [5, 5.41) is 13.4. The van der Waals surface area contributed by atoms with Crippen molar-refractivity contribution < 1.29 is 14.0 Å². The number of anilines is 2. The van der Waals surface area contributed by atoms with Crippen molar-refractivity contribution >= 4 is 34.8 Å². The first-order valence-corrected chi connectivity index (χ1v) is 9.16. The Hall–Kier alpha value is -3.26. The van der Waals surface area contributed by atoms with Gasteiger partial charge < -0.3 is 10.6 Å². The van der Waals surface area contributed by atoms with Crippen molar-refractivity contribution in [3.63, 3.8) is 0 Å². The van der Waals surface area contributed by atoms with Crippen LogP contribution >= 0.6 is 11.6 Å². The zero-order valence-corrected chi connectivity index (χ0v) is 16.8. The highest BCUT2D eigenvalue weighted by atomic mass is 35.5. The van der Waals surface area contributed by atoms with Crippen LogP contribution in [0.2, 0.25) is 5.02 Å². The highest BCUT2D eigenvalue weighted by Gasteiger charge is 2.19. The monoisotopic (exact) mass is 415 g/mol. The quantitative estimate of drug-likeness (QED) is 0.661. The normalized spacial score (nSPS) is 10.7. The topological polar surface area (TPSA) is 88.9 Å². The lowest BCUT2D eigenvalue weighted by Crippen LogP contribution is -2.21. The lowest BCUT2D eigenvalue weighted by molar-refractivity contribution is -0.117. The SMILES string of the molecule is Cc1ccc(NC(=O)Cn2nnc(C(=O)Nc3ccc(C)c(F)c3)c2C)c(Cl)c1. The van der Waals surface area contributed by atoms with Gasteiger partial charge in [0.15, 0.2) is 5.69 Å². The first kappa shape index (κ1) is 20.5. The van der Waals surface area contributed by atoms with E-state index in [4.69, 9.17) is 11.6 Å². The van der Waals surface area contributed by atoms with Gasteiger partial charge in [-0.05, 0) is 56.2 Å². The van der Waals surface area contributed by atoms with Crippen LogP contribution in [-0.4, -0.2) is 26.8 Å². The van der Waals surface area contributed by atoms with Gasteiger partial charge in [-0.1, -0.05) is 28.9 Å². The molecule has 7 nitrogen and oxygen atoms in total. The van der Waals surface area contributed by atoms with Gasteiger partial charge in [0.05, 0.1) is 16.4 Å². The number of aromatic nitrogens is 3. The Morgan fingerprint density at radius 1 is 1.10 bits per heavy atom.